The second kappa shape index (κ2) is 18.1. The van der Waals surface area contributed by atoms with E-state index in [0.717, 1.165) is 49.2 Å². The van der Waals surface area contributed by atoms with Gasteiger partial charge in [0.05, 0.1) is 0 Å². The molecule has 0 fully saturated rings. The lowest BCUT2D eigenvalue weighted by Gasteiger charge is -2.52. The van der Waals surface area contributed by atoms with Gasteiger partial charge in [0.2, 0.25) is 0 Å². The first-order valence-corrected chi connectivity index (χ1v) is 19.1. The van der Waals surface area contributed by atoms with Gasteiger partial charge in [-0.1, -0.05) is 135 Å². The highest BCUT2D eigenvalue weighted by Gasteiger charge is 2.49. The van der Waals surface area contributed by atoms with Gasteiger partial charge in [-0.3, -0.25) is 0 Å². The molecule has 0 bridgehead atoms. The molecule has 4 aromatic carbocycles. The molecule has 0 radical (unpaired) electrons. The van der Waals surface area contributed by atoms with Gasteiger partial charge in [-0.15, -0.1) is 0 Å². The molecule has 0 spiro atoms. The van der Waals surface area contributed by atoms with Crippen molar-refractivity contribution < 1.29 is 0 Å². The van der Waals surface area contributed by atoms with E-state index >= 15 is 0 Å². The number of hydrogen-bond acceptors (Lipinski definition) is 2. The molecule has 2 heteroatoms. The molecule has 0 aliphatic carbocycles. The van der Waals surface area contributed by atoms with Crippen molar-refractivity contribution in [2.75, 3.05) is 10.2 Å². The van der Waals surface area contributed by atoms with E-state index < -0.39 is 0 Å². The summed E-state index contributed by atoms with van der Waals surface area (Å²) in [7, 11) is 0. The van der Waals surface area contributed by atoms with E-state index in [4.69, 9.17) is 0 Å². The van der Waals surface area contributed by atoms with Crippen LogP contribution in [-0.4, -0.2) is 0 Å². The third kappa shape index (κ3) is 8.23. The average Bonchev–Trinajstić information content (AvgIpc) is 3.16. The normalized spacial score (nSPS) is 13.8. The topological polar surface area (TPSA) is 15.3 Å². The van der Waals surface area contributed by atoms with Gasteiger partial charge in [0, 0.05) is 39.3 Å². The Hall–Kier alpha value is -4.04. The minimum atomic E-state index is 0.0393. The Balaban J connectivity index is 1.83. The summed E-state index contributed by atoms with van der Waals surface area (Å²) < 4.78 is 0. The largest absolute Gasteiger partial charge is 0.359 e. The molecular formula is C47H62N2. The van der Waals surface area contributed by atoms with Crippen LogP contribution in [0.4, 0.5) is 22.7 Å². The van der Waals surface area contributed by atoms with E-state index in [9.17, 15) is 0 Å². The predicted octanol–water partition coefficient (Wildman–Crippen LogP) is 14.5. The molecule has 0 aliphatic heterocycles. The Morgan fingerprint density at radius 3 is 1.69 bits per heavy atom. The fourth-order valence-electron chi connectivity index (χ4n) is 8.26. The van der Waals surface area contributed by atoms with E-state index in [-0.39, 0.29) is 10.8 Å². The molecule has 49 heavy (non-hydrogen) atoms. The summed E-state index contributed by atoms with van der Waals surface area (Å²) >= 11 is 0. The number of unbranched alkanes of at least 4 members (excludes halogenated alkanes) is 2. The van der Waals surface area contributed by atoms with Crippen molar-refractivity contribution in [2.45, 2.75) is 123 Å². The second-order valence-corrected chi connectivity index (χ2v) is 13.8. The standard InChI is InChI=1S/C47H62N2/c1-9-16-20-36-47(15-7,46(13-5,14-6)39-22-18-17-19-23-39)40-26-32-44(33-27-40)49(43-30-24-38(25-31-43)37(8)11-3)45-34-28-42(29-35-45)48-41(12-4)21-10-2/h10,17-19,21-35,37,48H,2,9,11-16,20,36H2,1,3-8H3/b41-21+. The molecule has 0 saturated heterocycles. The van der Waals surface area contributed by atoms with Gasteiger partial charge in [0.15, 0.2) is 0 Å². The maximum Gasteiger partial charge on any atom is 0.0463 e. The molecule has 2 unspecified atom stereocenters. The zero-order valence-corrected chi connectivity index (χ0v) is 31.6. The molecule has 2 nitrogen and oxygen atoms in total. The van der Waals surface area contributed by atoms with Crippen molar-refractivity contribution in [3.05, 3.63) is 144 Å². The Kier molecular flexibility index (Phi) is 13.9. The lowest BCUT2D eigenvalue weighted by molar-refractivity contribution is 0.166. The monoisotopic (exact) mass is 654 g/mol. The van der Waals surface area contributed by atoms with Gasteiger partial charge in [0.1, 0.15) is 0 Å². The van der Waals surface area contributed by atoms with Gasteiger partial charge in [-0.2, -0.15) is 0 Å². The van der Waals surface area contributed by atoms with Crippen molar-refractivity contribution in [1.82, 2.24) is 0 Å². The van der Waals surface area contributed by atoms with Crippen LogP contribution in [0.2, 0.25) is 0 Å². The Morgan fingerprint density at radius 2 is 1.20 bits per heavy atom. The first kappa shape index (κ1) is 37.8. The van der Waals surface area contributed by atoms with E-state index in [1.165, 1.54) is 53.7 Å². The smallest absolute Gasteiger partial charge is 0.0463 e. The SMILES string of the molecule is C=C/C=C(\CC)Nc1ccc(N(c2ccc(C(C)CC)cc2)c2ccc(C(CC)(CCCCC)C(CC)(CC)c3ccccc3)cc2)cc1. The van der Waals surface area contributed by atoms with Crippen LogP contribution in [0.5, 0.6) is 0 Å². The van der Waals surface area contributed by atoms with Crippen LogP contribution in [0.15, 0.2) is 128 Å². The zero-order chi connectivity index (χ0) is 35.3. The summed E-state index contributed by atoms with van der Waals surface area (Å²) in [6.07, 6.45) is 14.2. The summed E-state index contributed by atoms with van der Waals surface area (Å²) in [6.45, 7) is 20.2. The molecular weight excluding hydrogens is 593 g/mol. The van der Waals surface area contributed by atoms with Gasteiger partial charge in [-0.25, -0.2) is 0 Å². The molecule has 4 rings (SSSR count). The number of nitrogens with one attached hydrogen (secondary N) is 1. The summed E-state index contributed by atoms with van der Waals surface area (Å²) in [5.74, 6) is 0.542. The quantitative estimate of drug-likeness (QED) is 0.0799. The van der Waals surface area contributed by atoms with Crippen molar-refractivity contribution in [2.24, 2.45) is 0 Å². The maximum atomic E-state index is 3.88. The van der Waals surface area contributed by atoms with E-state index in [2.05, 4.69) is 168 Å². The van der Waals surface area contributed by atoms with Crippen LogP contribution in [0.3, 0.4) is 0 Å². The molecule has 0 amide bonds. The Bertz CT molecular complexity index is 1580. The number of nitrogens with zero attached hydrogens (tertiary/aromatic N) is 1. The summed E-state index contributed by atoms with van der Waals surface area (Å²) in [6, 6.07) is 39.1. The minimum Gasteiger partial charge on any atom is -0.359 e. The zero-order valence-electron chi connectivity index (χ0n) is 31.6. The lowest BCUT2D eigenvalue weighted by atomic mass is 9.51. The number of hydrogen-bond donors (Lipinski definition) is 1. The minimum absolute atomic E-state index is 0.0393. The van der Waals surface area contributed by atoms with Gasteiger partial charge in [0.25, 0.3) is 0 Å². The second-order valence-electron chi connectivity index (χ2n) is 13.8. The van der Waals surface area contributed by atoms with Crippen LogP contribution >= 0.6 is 0 Å². The number of allylic oxidation sites excluding steroid dienone is 3. The van der Waals surface area contributed by atoms with E-state index in [1.807, 2.05) is 12.2 Å². The molecule has 2 atom stereocenters. The Morgan fingerprint density at radius 1 is 0.673 bits per heavy atom. The van der Waals surface area contributed by atoms with Crippen LogP contribution in [0, 0.1) is 0 Å². The number of anilines is 4. The first-order valence-electron chi connectivity index (χ1n) is 19.1. The third-order valence-corrected chi connectivity index (χ3v) is 11.4. The predicted molar refractivity (Wildman–Crippen MR) is 217 cm³/mol. The molecule has 4 aromatic rings. The lowest BCUT2D eigenvalue weighted by Crippen LogP contribution is -2.48. The molecule has 1 N–H and O–H groups in total. The number of benzene rings is 4. The van der Waals surface area contributed by atoms with Crippen molar-refractivity contribution in [3.63, 3.8) is 0 Å². The first-order chi connectivity index (χ1) is 23.9. The number of rotatable bonds is 19. The van der Waals surface area contributed by atoms with Crippen LogP contribution in [-0.2, 0) is 10.8 Å². The highest BCUT2D eigenvalue weighted by Crippen LogP contribution is 2.54. The molecule has 0 aliphatic rings. The molecule has 260 valence electrons. The van der Waals surface area contributed by atoms with E-state index in [0.29, 0.717) is 5.92 Å². The fraction of sp³-hybridized carbons (Fsp3) is 0.404. The van der Waals surface area contributed by atoms with E-state index in [1.54, 1.807) is 0 Å². The summed E-state index contributed by atoms with van der Waals surface area (Å²) in [5, 5.41) is 3.56. The molecule has 0 heterocycles. The Labute approximate surface area is 299 Å². The van der Waals surface area contributed by atoms with Crippen molar-refractivity contribution in [3.8, 4) is 0 Å². The fourth-order valence-corrected chi connectivity index (χ4v) is 8.26. The summed E-state index contributed by atoms with van der Waals surface area (Å²) in [4.78, 5) is 2.41. The van der Waals surface area contributed by atoms with Crippen LogP contribution in [0.25, 0.3) is 0 Å². The molecule has 0 saturated carbocycles. The van der Waals surface area contributed by atoms with Gasteiger partial charge >= 0.3 is 0 Å². The van der Waals surface area contributed by atoms with Crippen LogP contribution < -0.4 is 10.2 Å². The maximum absolute atomic E-state index is 3.88. The van der Waals surface area contributed by atoms with Crippen molar-refractivity contribution >= 4 is 22.7 Å². The molecule has 0 aromatic heterocycles. The highest BCUT2D eigenvalue weighted by molar-refractivity contribution is 5.77. The van der Waals surface area contributed by atoms with Crippen molar-refractivity contribution in [1.29, 1.82) is 0 Å². The van der Waals surface area contributed by atoms with Crippen LogP contribution in [0.1, 0.15) is 129 Å². The summed E-state index contributed by atoms with van der Waals surface area (Å²) in [5.41, 5.74) is 10.2. The van der Waals surface area contributed by atoms with Gasteiger partial charge < -0.3 is 10.2 Å². The highest BCUT2D eigenvalue weighted by atomic mass is 15.1. The average molecular weight is 655 g/mol. The third-order valence-electron chi connectivity index (χ3n) is 11.4. The van der Waals surface area contributed by atoms with Gasteiger partial charge in [-0.05, 0) is 116 Å².